The molecule has 0 unspecified atom stereocenters. The topological polar surface area (TPSA) is 95.9 Å². The van der Waals surface area contributed by atoms with E-state index in [-0.39, 0.29) is 18.9 Å². The Balaban J connectivity index is 1.26. The number of aliphatic hydroxyl groups is 1. The van der Waals surface area contributed by atoms with Crippen molar-refractivity contribution in [3.63, 3.8) is 0 Å². The largest absolute Gasteiger partial charge is 0.451 e. The van der Waals surface area contributed by atoms with E-state index in [0.29, 0.717) is 28.5 Å². The van der Waals surface area contributed by atoms with Crippen LogP contribution in [0.25, 0.3) is 0 Å². The number of hydrogen-bond donors (Lipinski definition) is 2. The van der Waals surface area contributed by atoms with E-state index in [9.17, 15) is 19.5 Å². The normalized spacial score (nSPS) is 34.7. The first-order chi connectivity index (χ1) is 16.1. The molecule has 184 valence electrons. The van der Waals surface area contributed by atoms with Crippen molar-refractivity contribution < 1.29 is 24.2 Å². The van der Waals surface area contributed by atoms with E-state index in [1.54, 1.807) is 23.1 Å². The van der Waals surface area contributed by atoms with Crippen molar-refractivity contribution in [3.05, 3.63) is 28.8 Å². The molecule has 6 rings (SSSR count). The number of esters is 1. The molecule has 5 aliphatic rings. The van der Waals surface area contributed by atoms with Crippen LogP contribution in [-0.2, 0) is 19.1 Å². The number of ether oxygens (including phenoxy) is 1. The number of hydrogen-bond acceptors (Lipinski definition) is 5. The molecule has 4 bridgehead atoms. The summed E-state index contributed by atoms with van der Waals surface area (Å²) in [6.45, 7) is 3.49. The van der Waals surface area contributed by atoms with E-state index in [1.807, 2.05) is 6.92 Å². The molecule has 7 nitrogen and oxygen atoms in total. The highest BCUT2D eigenvalue weighted by molar-refractivity contribution is 6.31. The second-order valence-corrected chi connectivity index (χ2v) is 11.5. The van der Waals surface area contributed by atoms with Crippen LogP contribution in [0, 0.1) is 30.1 Å². The SMILES string of the molecule is Cc1ccc(Cl)cc1NC(=O)[C@H](C)OC(=O)[C@@H]1C[C@@H](O)CN1C(=O)C12CC3CC(CC(C3)C1)C2. The fraction of sp³-hybridized carbons (Fsp3) is 0.654. The van der Waals surface area contributed by atoms with Crippen LogP contribution in [-0.4, -0.2) is 52.6 Å². The molecule has 4 saturated carbocycles. The molecule has 1 heterocycles. The van der Waals surface area contributed by atoms with Crippen LogP contribution in [0.3, 0.4) is 0 Å². The lowest BCUT2D eigenvalue weighted by atomic mass is 9.49. The van der Waals surface area contributed by atoms with Gasteiger partial charge in [0.25, 0.3) is 5.91 Å². The van der Waals surface area contributed by atoms with Gasteiger partial charge in [-0.1, -0.05) is 17.7 Å². The maximum absolute atomic E-state index is 13.8. The van der Waals surface area contributed by atoms with Gasteiger partial charge in [0.1, 0.15) is 6.04 Å². The lowest BCUT2D eigenvalue weighted by Gasteiger charge is -2.56. The minimum absolute atomic E-state index is 0.00300. The fourth-order valence-corrected chi connectivity index (χ4v) is 7.38. The summed E-state index contributed by atoms with van der Waals surface area (Å²) in [5.41, 5.74) is 0.989. The van der Waals surface area contributed by atoms with Gasteiger partial charge in [-0.25, -0.2) is 4.79 Å². The lowest BCUT2D eigenvalue weighted by molar-refractivity contribution is -0.168. The number of aryl methyl sites for hydroxylation is 1. The van der Waals surface area contributed by atoms with Gasteiger partial charge in [0, 0.05) is 23.7 Å². The van der Waals surface area contributed by atoms with Gasteiger partial charge in [-0.3, -0.25) is 9.59 Å². The van der Waals surface area contributed by atoms with Crippen LogP contribution in [0.4, 0.5) is 5.69 Å². The summed E-state index contributed by atoms with van der Waals surface area (Å²) in [4.78, 5) is 41.1. The van der Waals surface area contributed by atoms with E-state index in [1.165, 1.54) is 26.2 Å². The second kappa shape index (κ2) is 8.83. The minimum Gasteiger partial charge on any atom is -0.451 e. The Bertz CT molecular complexity index is 976. The highest BCUT2D eigenvalue weighted by Crippen LogP contribution is 2.60. The van der Waals surface area contributed by atoms with Gasteiger partial charge in [0.05, 0.1) is 11.5 Å². The van der Waals surface area contributed by atoms with Crippen molar-refractivity contribution in [2.45, 2.75) is 77.0 Å². The Labute approximate surface area is 205 Å². The molecule has 0 spiro atoms. The zero-order valence-electron chi connectivity index (χ0n) is 19.8. The number of β-amino-alcohol motifs (C(OH)–C–C–N with tert-alkyl or cyclic N) is 1. The molecular weight excluding hydrogens is 456 g/mol. The number of amides is 2. The van der Waals surface area contributed by atoms with E-state index in [0.717, 1.165) is 24.8 Å². The average Bonchev–Trinajstić information content (AvgIpc) is 3.16. The van der Waals surface area contributed by atoms with Crippen LogP contribution in [0.15, 0.2) is 18.2 Å². The van der Waals surface area contributed by atoms with Crippen LogP contribution in [0.1, 0.15) is 57.4 Å². The molecule has 1 aromatic rings. The van der Waals surface area contributed by atoms with Gasteiger partial charge >= 0.3 is 5.97 Å². The molecule has 34 heavy (non-hydrogen) atoms. The number of nitrogens with zero attached hydrogens (tertiary/aromatic N) is 1. The van der Waals surface area contributed by atoms with Crippen molar-refractivity contribution >= 4 is 35.1 Å². The minimum atomic E-state index is -1.06. The molecule has 2 N–H and O–H groups in total. The van der Waals surface area contributed by atoms with Crippen molar-refractivity contribution in [2.75, 3.05) is 11.9 Å². The van der Waals surface area contributed by atoms with Gasteiger partial charge in [-0.15, -0.1) is 0 Å². The highest BCUT2D eigenvalue weighted by Gasteiger charge is 2.57. The van der Waals surface area contributed by atoms with Gasteiger partial charge in [-0.2, -0.15) is 0 Å². The number of carbonyl (C=O) groups excluding carboxylic acids is 3. The summed E-state index contributed by atoms with van der Waals surface area (Å²) in [6, 6.07) is 4.31. The number of halogens is 1. The summed E-state index contributed by atoms with van der Waals surface area (Å²) in [5, 5.41) is 13.6. The number of likely N-dealkylation sites (tertiary alicyclic amines) is 1. The Morgan fingerprint density at radius 3 is 2.35 bits per heavy atom. The molecule has 1 aromatic carbocycles. The molecule has 3 atom stereocenters. The number of nitrogens with one attached hydrogen (secondary N) is 1. The van der Waals surface area contributed by atoms with Gasteiger partial charge in [0.15, 0.2) is 6.10 Å². The third-order valence-corrected chi connectivity index (χ3v) is 8.66. The quantitative estimate of drug-likeness (QED) is 0.616. The molecule has 1 aliphatic heterocycles. The van der Waals surface area contributed by atoms with E-state index >= 15 is 0 Å². The Kier molecular flexibility index (Phi) is 6.13. The third-order valence-electron chi connectivity index (χ3n) is 8.42. The van der Waals surface area contributed by atoms with Gasteiger partial charge < -0.3 is 20.1 Å². The van der Waals surface area contributed by atoms with E-state index in [2.05, 4.69) is 5.32 Å². The number of anilines is 1. The van der Waals surface area contributed by atoms with Gasteiger partial charge in [-0.05, 0) is 87.8 Å². The number of benzene rings is 1. The monoisotopic (exact) mass is 488 g/mol. The van der Waals surface area contributed by atoms with Crippen LogP contribution < -0.4 is 5.32 Å². The maximum Gasteiger partial charge on any atom is 0.329 e. The lowest BCUT2D eigenvalue weighted by Crippen LogP contribution is -2.56. The molecule has 5 fully saturated rings. The first-order valence-corrected chi connectivity index (χ1v) is 12.8. The first kappa shape index (κ1) is 23.6. The summed E-state index contributed by atoms with van der Waals surface area (Å²) >= 11 is 6.02. The average molecular weight is 489 g/mol. The van der Waals surface area contributed by atoms with Crippen molar-refractivity contribution in [1.82, 2.24) is 4.90 Å². The predicted molar refractivity (Wildman–Crippen MR) is 127 cm³/mol. The molecule has 2 amide bonds. The van der Waals surface area contributed by atoms with Crippen molar-refractivity contribution in [1.29, 1.82) is 0 Å². The standard InChI is InChI=1S/C26H33ClN2O5/c1-14-3-4-19(27)8-21(14)28-23(31)15(2)34-24(32)22-9-20(30)13-29(22)25(33)26-10-16-5-17(11-26)7-18(6-16)12-26/h3-4,8,15-18,20,22,30H,5-7,9-13H2,1-2H3,(H,28,31)/t15-,16?,17?,18?,20+,22-,26?/m0/s1. The van der Waals surface area contributed by atoms with E-state index in [4.69, 9.17) is 16.3 Å². The third kappa shape index (κ3) is 4.33. The predicted octanol–water partition coefficient (Wildman–Crippen LogP) is 3.70. The molecule has 0 radical (unpaired) electrons. The zero-order chi connectivity index (χ0) is 24.2. The Morgan fingerprint density at radius 1 is 1.12 bits per heavy atom. The summed E-state index contributed by atoms with van der Waals surface area (Å²) < 4.78 is 5.50. The van der Waals surface area contributed by atoms with Crippen LogP contribution in [0.5, 0.6) is 0 Å². The highest BCUT2D eigenvalue weighted by atomic mass is 35.5. The van der Waals surface area contributed by atoms with Crippen molar-refractivity contribution in [2.24, 2.45) is 23.2 Å². The second-order valence-electron chi connectivity index (χ2n) is 11.1. The van der Waals surface area contributed by atoms with Gasteiger partial charge in [0.2, 0.25) is 5.91 Å². The summed E-state index contributed by atoms with van der Waals surface area (Å²) in [5.74, 6) is 0.693. The smallest absolute Gasteiger partial charge is 0.329 e. The van der Waals surface area contributed by atoms with Crippen LogP contribution in [0.2, 0.25) is 5.02 Å². The number of rotatable bonds is 5. The summed E-state index contributed by atoms with van der Waals surface area (Å²) in [6.07, 6.45) is 4.66. The molecular formula is C26H33ClN2O5. The number of aliphatic hydroxyl groups excluding tert-OH is 1. The van der Waals surface area contributed by atoms with Crippen molar-refractivity contribution in [3.8, 4) is 0 Å². The fourth-order valence-electron chi connectivity index (χ4n) is 7.21. The summed E-state index contributed by atoms with van der Waals surface area (Å²) in [7, 11) is 0. The van der Waals surface area contributed by atoms with E-state index < -0.39 is 35.5 Å². The molecule has 8 heteroatoms. The molecule has 0 aromatic heterocycles. The Hall–Kier alpha value is -2.12. The zero-order valence-corrected chi connectivity index (χ0v) is 20.5. The molecule has 4 aliphatic carbocycles. The van der Waals surface area contributed by atoms with Crippen LogP contribution >= 0.6 is 11.6 Å². The Morgan fingerprint density at radius 2 is 1.74 bits per heavy atom. The number of carbonyl (C=O) groups is 3. The molecule has 1 saturated heterocycles. The first-order valence-electron chi connectivity index (χ1n) is 12.4. The maximum atomic E-state index is 13.8.